The average Bonchev–Trinajstić information content (AvgIpc) is 2.66. The summed E-state index contributed by atoms with van der Waals surface area (Å²) in [4.78, 5) is 19.5. The van der Waals surface area contributed by atoms with Crippen molar-refractivity contribution in [1.82, 2.24) is 0 Å². The highest BCUT2D eigenvalue weighted by Gasteiger charge is 2.29. The van der Waals surface area contributed by atoms with Gasteiger partial charge in [0.2, 0.25) is 0 Å². The first-order valence-corrected chi connectivity index (χ1v) is 10.4. The molecule has 0 radical (unpaired) electrons. The summed E-state index contributed by atoms with van der Waals surface area (Å²) in [6, 6.07) is 0. The molecule has 8 heteroatoms. The van der Waals surface area contributed by atoms with E-state index >= 15 is 0 Å². The van der Waals surface area contributed by atoms with Gasteiger partial charge in [-0.25, -0.2) is 9.59 Å². The highest BCUT2D eigenvalue weighted by Crippen LogP contribution is 2.16. The highest BCUT2D eigenvalue weighted by atomic mass is 16.4. The van der Waals surface area contributed by atoms with Crippen molar-refractivity contribution >= 4 is 11.9 Å². The third-order valence-corrected chi connectivity index (χ3v) is 4.75. The molecule has 0 aliphatic carbocycles. The number of unbranched alkanes of at least 4 members (excludes halogenated alkanes) is 4. The minimum Gasteiger partial charge on any atom is -0.870 e. The Labute approximate surface area is 170 Å². The third-order valence-electron chi connectivity index (χ3n) is 4.75. The molecule has 0 saturated carbocycles. The molecule has 0 saturated heterocycles. The van der Waals surface area contributed by atoms with Gasteiger partial charge in [0.1, 0.15) is 0 Å². The Morgan fingerprint density at radius 3 is 1.00 bits per heavy atom. The molecule has 0 aliphatic heterocycles. The van der Waals surface area contributed by atoms with Gasteiger partial charge >= 0.3 is 11.9 Å². The van der Waals surface area contributed by atoms with Gasteiger partial charge < -0.3 is 30.4 Å². The molecule has 0 aromatic rings. The largest absolute Gasteiger partial charge is 0.870 e. The lowest BCUT2D eigenvalue weighted by atomic mass is 10.1. The minimum atomic E-state index is -2.27. The third kappa shape index (κ3) is 14.8. The molecule has 0 rings (SSSR count). The minimum absolute atomic E-state index is 0. The maximum atomic E-state index is 9.77. The Balaban J connectivity index is -0.000000489. The van der Waals surface area contributed by atoms with E-state index in [-0.39, 0.29) is 5.48 Å². The Morgan fingerprint density at radius 2 is 0.857 bits per heavy atom. The predicted octanol–water partition coefficient (Wildman–Crippen LogP) is 2.70. The van der Waals surface area contributed by atoms with E-state index in [4.69, 9.17) is 20.4 Å². The van der Waals surface area contributed by atoms with Gasteiger partial charge in [0.15, 0.2) is 12.2 Å². The molecule has 2 unspecified atom stereocenters. The van der Waals surface area contributed by atoms with Crippen LogP contribution in [0.15, 0.2) is 0 Å². The molecular formula is C20H43NO7. The summed E-state index contributed by atoms with van der Waals surface area (Å²) in [5, 5.41) is 32.5. The number of carboxylic acids is 2. The van der Waals surface area contributed by atoms with Gasteiger partial charge in [0.05, 0.1) is 26.2 Å². The SMILES string of the molecule is CCCC[N+](CCCC)(CCCC)CCCC.O=C(O)C(O)C(O)C(=O)O.[OH-]. The van der Waals surface area contributed by atoms with Crippen LogP contribution in [0.25, 0.3) is 0 Å². The first-order chi connectivity index (χ1) is 12.7. The molecule has 0 fully saturated rings. The lowest BCUT2D eigenvalue weighted by Gasteiger charge is -2.39. The van der Waals surface area contributed by atoms with E-state index in [0.29, 0.717) is 0 Å². The van der Waals surface area contributed by atoms with E-state index in [0.717, 1.165) is 0 Å². The van der Waals surface area contributed by atoms with Crippen LogP contribution in [0.2, 0.25) is 0 Å². The van der Waals surface area contributed by atoms with Crippen LogP contribution < -0.4 is 0 Å². The first-order valence-electron chi connectivity index (χ1n) is 10.4. The topological polar surface area (TPSA) is 145 Å². The second-order valence-electron chi connectivity index (χ2n) is 7.22. The van der Waals surface area contributed by atoms with Crippen molar-refractivity contribution in [2.24, 2.45) is 0 Å². The van der Waals surface area contributed by atoms with E-state index in [1.807, 2.05) is 0 Å². The fraction of sp³-hybridized carbons (Fsp3) is 0.900. The van der Waals surface area contributed by atoms with Crippen molar-refractivity contribution in [1.29, 1.82) is 0 Å². The summed E-state index contributed by atoms with van der Waals surface area (Å²) in [6.45, 7) is 15.0. The number of aliphatic hydroxyl groups is 2. The van der Waals surface area contributed by atoms with Gasteiger partial charge in [0.25, 0.3) is 0 Å². The Bertz CT molecular complexity index is 335. The zero-order chi connectivity index (χ0) is 21.3. The number of aliphatic carboxylic acids is 2. The molecule has 0 spiro atoms. The van der Waals surface area contributed by atoms with Gasteiger partial charge in [-0.1, -0.05) is 53.4 Å². The number of hydrogen-bond acceptors (Lipinski definition) is 5. The van der Waals surface area contributed by atoms with Crippen LogP contribution in [-0.2, 0) is 9.59 Å². The molecule has 0 aromatic carbocycles. The van der Waals surface area contributed by atoms with E-state index in [1.54, 1.807) is 0 Å². The molecule has 2 atom stereocenters. The standard InChI is InChI=1S/C16H36N.C4H6O6.H2O/c1-5-9-13-17(14-10-6-2,15-11-7-3)16-12-8-4;5-1(3(7)8)2(6)4(9)10;/h5-16H2,1-4H3;1-2,5-6H,(H,7,8)(H,9,10);1H2/q+1;;/p-1. The number of aliphatic hydroxyl groups excluding tert-OH is 2. The quantitative estimate of drug-likeness (QED) is 0.304. The zero-order valence-electron chi connectivity index (χ0n) is 18.1. The van der Waals surface area contributed by atoms with Crippen LogP contribution in [-0.4, -0.2) is 80.7 Å². The molecule has 5 N–H and O–H groups in total. The normalized spacial score (nSPS) is 12.9. The van der Waals surface area contributed by atoms with Crippen molar-refractivity contribution in [2.45, 2.75) is 91.3 Å². The number of quaternary nitrogens is 1. The van der Waals surface area contributed by atoms with Crippen molar-refractivity contribution in [3.63, 3.8) is 0 Å². The van der Waals surface area contributed by atoms with Gasteiger partial charge in [-0.05, 0) is 25.7 Å². The zero-order valence-corrected chi connectivity index (χ0v) is 18.1. The molecule has 0 aromatic heterocycles. The van der Waals surface area contributed by atoms with Gasteiger partial charge in [-0.15, -0.1) is 0 Å². The molecule has 0 bridgehead atoms. The number of rotatable bonds is 15. The average molecular weight is 410 g/mol. The van der Waals surface area contributed by atoms with Crippen LogP contribution in [0.5, 0.6) is 0 Å². The molecule has 0 heterocycles. The fourth-order valence-corrected chi connectivity index (χ4v) is 2.92. The van der Waals surface area contributed by atoms with Crippen LogP contribution >= 0.6 is 0 Å². The summed E-state index contributed by atoms with van der Waals surface area (Å²) < 4.78 is 1.42. The van der Waals surface area contributed by atoms with Crippen molar-refractivity contribution < 1.29 is 40.0 Å². The highest BCUT2D eigenvalue weighted by molar-refractivity contribution is 5.83. The monoisotopic (exact) mass is 409 g/mol. The van der Waals surface area contributed by atoms with Crippen LogP contribution in [0.3, 0.4) is 0 Å². The second-order valence-corrected chi connectivity index (χ2v) is 7.22. The molecule has 8 nitrogen and oxygen atoms in total. The number of hydrogen-bond donors (Lipinski definition) is 4. The van der Waals surface area contributed by atoms with Crippen LogP contribution in [0, 0.1) is 0 Å². The van der Waals surface area contributed by atoms with Crippen molar-refractivity contribution in [2.75, 3.05) is 26.2 Å². The Hall–Kier alpha value is -1.22. The second kappa shape index (κ2) is 19.1. The van der Waals surface area contributed by atoms with Gasteiger partial charge in [0, 0.05) is 0 Å². The summed E-state index contributed by atoms with van der Waals surface area (Å²) in [6.07, 6.45) is 6.53. The molecule has 0 amide bonds. The smallest absolute Gasteiger partial charge is 0.335 e. The number of carbonyl (C=O) groups is 2. The Morgan fingerprint density at radius 1 is 0.643 bits per heavy atom. The van der Waals surface area contributed by atoms with Crippen LogP contribution in [0.1, 0.15) is 79.1 Å². The lowest BCUT2D eigenvalue weighted by Crippen LogP contribution is -2.50. The number of nitrogens with zero attached hydrogens (tertiary/aromatic N) is 1. The molecule has 170 valence electrons. The van der Waals surface area contributed by atoms with Gasteiger partial charge in [-0.3, -0.25) is 0 Å². The first kappa shape index (κ1) is 31.5. The summed E-state index contributed by atoms with van der Waals surface area (Å²) in [5.41, 5.74) is 0. The van der Waals surface area contributed by atoms with Gasteiger partial charge in [-0.2, -0.15) is 0 Å². The molecular weight excluding hydrogens is 366 g/mol. The molecule has 0 aliphatic rings. The fourth-order valence-electron chi connectivity index (χ4n) is 2.92. The summed E-state index contributed by atoms with van der Waals surface area (Å²) >= 11 is 0. The predicted molar refractivity (Wildman–Crippen MR) is 109 cm³/mol. The summed E-state index contributed by atoms with van der Waals surface area (Å²) in [7, 11) is 0. The van der Waals surface area contributed by atoms with Crippen molar-refractivity contribution in [3.8, 4) is 0 Å². The lowest BCUT2D eigenvalue weighted by molar-refractivity contribution is -0.929. The molecule has 28 heavy (non-hydrogen) atoms. The summed E-state index contributed by atoms with van der Waals surface area (Å²) in [5.74, 6) is -3.54. The van der Waals surface area contributed by atoms with E-state index < -0.39 is 24.1 Å². The van der Waals surface area contributed by atoms with Crippen molar-refractivity contribution in [3.05, 3.63) is 0 Å². The maximum Gasteiger partial charge on any atom is 0.335 e. The van der Waals surface area contributed by atoms with E-state index in [2.05, 4.69) is 27.7 Å². The van der Waals surface area contributed by atoms with E-state index in [1.165, 1.54) is 82.0 Å². The maximum absolute atomic E-state index is 9.77. The van der Waals surface area contributed by atoms with E-state index in [9.17, 15) is 9.59 Å². The Kier molecular flexibility index (Phi) is 21.5. The number of carboxylic acid groups (broad SMARTS) is 2. The van der Waals surface area contributed by atoms with Crippen LogP contribution in [0.4, 0.5) is 0 Å².